The molecule has 316 valence electrons. The highest BCUT2D eigenvalue weighted by atomic mass is 32.2. The highest BCUT2D eigenvalue weighted by Gasteiger charge is 2.36. The third-order valence-corrected chi connectivity index (χ3v) is 11.6. The lowest BCUT2D eigenvalue weighted by atomic mass is 9.75. The van der Waals surface area contributed by atoms with Crippen molar-refractivity contribution in [2.45, 2.75) is 80.3 Å². The molecule has 3 heterocycles. The molecule has 2 aromatic heterocycles. The number of H-pyrrole nitrogens is 1. The lowest BCUT2D eigenvalue weighted by molar-refractivity contribution is -0.143. The van der Waals surface area contributed by atoms with Crippen molar-refractivity contribution in [2.75, 3.05) is 49.0 Å². The summed E-state index contributed by atoms with van der Waals surface area (Å²) in [5.74, 6) is 1.07. The highest BCUT2D eigenvalue weighted by molar-refractivity contribution is 7.82. The quantitative estimate of drug-likeness (QED) is 0.0697. The van der Waals surface area contributed by atoms with Crippen LogP contribution in [0.15, 0.2) is 42.6 Å². The molecular weight excluding hydrogens is 775 g/mol. The molecule has 2 N–H and O–H groups in total. The van der Waals surface area contributed by atoms with E-state index in [-0.39, 0.29) is 71.4 Å². The van der Waals surface area contributed by atoms with Crippen LogP contribution in [-0.4, -0.2) is 87.0 Å². The summed E-state index contributed by atoms with van der Waals surface area (Å²) < 4.78 is 41.4. The minimum atomic E-state index is -2.12. The second kappa shape index (κ2) is 19.0. The summed E-state index contributed by atoms with van der Waals surface area (Å²) in [6.07, 6.45) is 3.83. The molecule has 2 fully saturated rings. The minimum absolute atomic E-state index is 0.0983. The molecule has 2 aromatic carbocycles. The van der Waals surface area contributed by atoms with Crippen LogP contribution in [0.25, 0.3) is 21.9 Å². The lowest BCUT2D eigenvalue weighted by Gasteiger charge is -2.37. The Hall–Kier alpha value is -5.56. The lowest BCUT2D eigenvalue weighted by Crippen LogP contribution is -2.50. The van der Waals surface area contributed by atoms with Crippen molar-refractivity contribution in [3.63, 3.8) is 0 Å². The van der Waals surface area contributed by atoms with Gasteiger partial charge in [0.25, 0.3) is 0 Å². The fourth-order valence-corrected chi connectivity index (χ4v) is 8.82. The van der Waals surface area contributed by atoms with Crippen LogP contribution in [0, 0.1) is 37.2 Å². The van der Waals surface area contributed by atoms with Crippen molar-refractivity contribution in [1.29, 1.82) is 0 Å². The Labute approximate surface area is 348 Å². The van der Waals surface area contributed by atoms with Crippen LogP contribution in [0.4, 0.5) is 17.1 Å². The molecule has 3 atom stereocenters. The van der Waals surface area contributed by atoms with E-state index in [4.69, 9.17) is 29.9 Å². The molecule has 1 aliphatic carbocycles. The number of benzene rings is 2. The summed E-state index contributed by atoms with van der Waals surface area (Å²) in [5, 5.41) is 3.21. The van der Waals surface area contributed by atoms with Gasteiger partial charge in [-0.2, -0.15) is 4.21 Å². The number of hydrogen-bond donors (Lipinski definition) is 2. The zero-order valence-electron chi connectivity index (χ0n) is 34.9. The molecule has 3 unspecified atom stereocenters. The van der Waals surface area contributed by atoms with Crippen LogP contribution >= 0.6 is 0 Å². The highest BCUT2D eigenvalue weighted by Crippen LogP contribution is 2.38. The Kier molecular flexibility index (Phi) is 13.9. The predicted octanol–water partition coefficient (Wildman–Crippen LogP) is 7.51. The molecule has 59 heavy (non-hydrogen) atoms. The minimum Gasteiger partial charge on any atom is -0.490 e. The van der Waals surface area contributed by atoms with Crippen LogP contribution in [0.2, 0.25) is 0 Å². The smallest absolute Gasteiger partial charge is 0.331 e. The van der Waals surface area contributed by atoms with Gasteiger partial charge in [-0.05, 0) is 86.8 Å². The van der Waals surface area contributed by atoms with Crippen molar-refractivity contribution in [3.05, 3.63) is 65.1 Å². The average Bonchev–Trinajstić information content (AvgIpc) is 3.76. The third-order valence-electron chi connectivity index (χ3n) is 10.9. The first-order valence-electron chi connectivity index (χ1n) is 20.4. The summed E-state index contributed by atoms with van der Waals surface area (Å²) >= 11 is -2.12. The Morgan fingerprint density at radius 3 is 2.44 bits per heavy atom. The van der Waals surface area contributed by atoms with Crippen LogP contribution in [-0.2, 0) is 30.3 Å². The van der Waals surface area contributed by atoms with Crippen molar-refractivity contribution in [2.24, 2.45) is 23.7 Å². The molecule has 2 aliphatic rings. The number of hydrogen-bond acceptors (Lipinski definition) is 10. The molecule has 0 radical (unpaired) electrons. The number of esters is 2. The largest absolute Gasteiger partial charge is 0.490 e. The third kappa shape index (κ3) is 10.2. The normalized spacial score (nSPS) is 19.9. The SMILES string of the molecule is [C-]#[N+]c1cn2[nH]c(-c3ccc(N4CCN(C(=O)C(C)C)CC4)c(NS(=O)Oc4cc(C)ccc4OCCCC(=O)OCC)c3)nc2c1C(=O)OC1C(C)CC(C)CC1C. The summed E-state index contributed by atoms with van der Waals surface area (Å²) in [6, 6.07) is 10.9. The van der Waals surface area contributed by atoms with Crippen LogP contribution in [0.5, 0.6) is 11.5 Å². The molecule has 15 nitrogen and oxygen atoms in total. The van der Waals surface area contributed by atoms with Crippen molar-refractivity contribution < 1.29 is 37.0 Å². The molecule has 6 rings (SSSR count). The first-order valence-corrected chi connectivity index (χ1v) is 21.5. The second-order valence-electron chi connectivity index (χ2n) is 16.0. The van der Waals surface area contributed by atoms with Gasteiger partial charge in [0, 0.05) is 50.3 Å². The van der Waals surface area contributed by atoms with Crippen molar-refractivity contribution in [1.82, 2.24) is 19.5 Å². The van der Waals surface area contributed by atoms with E-state index < -0.39 is 17.2 Å². The standard InChI is InChI=1S/C43H55N7O8S/c1-9-55-37(51)11-10-20-56-35-15-12-27(4)23-36(35)58-59(54)47-32-24-31(13-14-34(32)48-16-18-49(19-17-48)42(52)26(2)3)40-45-41-38(33(44-8)25-50(41)46-40)43(53)57-39-29(6)21-28(5)22-30(39)7/h12-15,23-26,28-30,39,47H,9-11,16-22H2,1-7H3,(H,45,46). The van der Waals surface area contributed by atoms with Gasteiger partial charge in [0.15, 0.2) is 23.0 Å². The Balaban J connectivity index is 1.27. The van der Waals surface area contributed by atoms with E-state index in [0.717, 1.165) is 24.1 Å². The van der Waals surface area contributed by atoms with Crippen molar-refractivity contribution in [3.8, 4) is 22.9 Å². The maximum Gasteiger partial charge on any atom is 0.331 e. The molecule has 1 saturated carbocycles. The van der Waals surface area contributed by atoms with E-state index in [1.165, 1.54) is 6.20 Å². The summed E-state index contributed by atoms with van der Waals surface area (Å²) in [5.41, 5.74) is 3.21. The molecule has 1 saturated heterocycles. The topological polar surface area (TPSA) is 161 Å². The Morgan fingerprint density at radius 2 is 1.76 bits per heavy atom. The Morgan fingerprint density at radius 1 is 1.03 bits per heavy atom. The summed E-state index contributed by atoms with van der Waals surface area (Å²) in [7, 11) is 0. The molecule has 1 amide bonds. The number of carbonyl (C=O) groups is 3. The average molecular weight is 830 g/mol. The van der Waals surface area contributed by atoms with Gasteiger partial charge >= 0.3 is 23.2 Å². The van der Waals surface area contributed by atoms with Gasteiger partial charge in [-0.3, -0.25) is 23.9 Å². The number of rotatable bonds is 15. The summed E-state index contributed by atoms with van der Waals surface area (Å²) in [6.45, 7) is 24.3. The van der Waals surface area contributed by atoms with E-state index in [1.807, 2.05) is 43.9 Å². The Bertz CT molecular complexity index is 2210. The fraction of sp³-hybridized carbons (Fsp3) is 0.512. The zero-order valence-corrected chi connectivity index (χ0v) is 35.7. The number of aromatic nitrogens is 3. The van der Waals surface area contributed by atoms with Gasteiger partial charge in [-0.15, -0.1) is 0 Å². The summed E-state index contributed by atoms with van der Waals surface area (Å²) in [4.78, 5) is 50.7. The van der Waals surface area contributed by atoms with Gasteiger partial charge in [0.1, 0.15) is 11.7 Å². The van der Waals surface area contributed by atoms with E-state index >= 15 is 0 Å². The number of carbonyl (C=O) groups excluding carboxylic acids is 3. The van der Waals surface area contributed by atoms with E-state index in [2.05, 4.69) is 40.3 Å². The number of aryl methyl sites for hydroxylation is 1. The molecule has 0 bridgehead atoms. The van der Waals surface area contributed by atoms with Crippen LogP contribution in [0.1, 0.15) is 83.1 Å². The number of ether oxygens (including phenoxy) is 3. The molecule has 0 spiro atoms. The number of nitrogens with zero attached hydrogens (tertiary/aromatic N) is 5. The molecule has 1 aliphatic heterocycles. The first-order chi connectivity index (χ1) is 28.3. The number of nitrogens with one attached hydrogen (secondary N) is 2. The number of fused-ring (bicyclic) bond motifs is 1. The number of anilines is 2. The second-order valence-corrected chi connectivity index (χ2v) is 16.8. The van der Waals surface area contributed by atoms with Crippen LogP contribution in [0.3, 0.4) is 0 Å². The van der Waals surface area contributed by atoms with Crippen molar-refractivity contribution >= 4 is 51.8 Å². The molecular formula is C43H55N7O8S. The predicted molar refractivity (Wildman–Crippen MR) is 226 cm³/mol. The van der Waals surface area contributed by atoms with Gasteiger partial charge in [-0.25, -0.2) is 14.6 Å². The van der Waals surface area contributed by atoms with Gasteiger partial charge in [0.05, 0.1) is 31.2 Å². The van der Waals surface area contributed by atoms with Gasteiger partial charge < -0.3 is 28.2 Å². The van der Waals surface area contributed by atoms with Crippen LogP contribution < -0.4 is 18.5 Å². The zero-order chi connectivity index (χ0) is 42.4. The number of piperazine rings is 1. The molecule has 16 heteroatoms. The number of aromatic amines is 1. The number of amides is 1. The first kappa shape index (κ1) is 43.0. The maximum atomic E-state index is 13.8. The molecule has 4 aromatic rings. The van der Waals surface area contributed by atoms with E-state index in [9.17, 15) is 18.6 Å². The van der Waals surface area contributed by atoms with E-state index in [1.54, 1.807) is 29.6 Å². The van der Waals surface area contributed by atoms with E-state index in [0.29, 0.717) is 67.9 Å². The van der Waals surface area contributed by atoms with Gasteiger partial charge in [0.2, 0.25) is 11.6 Å². The maximum absolute atomic E-state index is 13.8. The fourth-order valence-electron chi connectivity index (χ4n) is 8.14. The van der Waals surface area contributed by atoms with Gasteiger partial charge in [-0.1, -0.05) is 40.7 Å². The monoisotopic (exact) mass is 829 g/mol.